The molecule has 0 fully saturated rings. The van der Waals surface area contributed by atoms with E-state index in [9.17, 15) is 43.2 Å². The SMILES string of the molecule is C.CC(=O)CCP(CCC(=O)O)CCC(=O)OC(C)C.CC(=O)CP(CC(=O)O)CC(=O)OC(C)C.CC(=O)P(C(=O)O)C(=O)OC(C)C.CC(C)OCCP(CCO)CCO.CCCCP(CCCO)CCCOC(C)C.CCP(CO)COC(C)C.COCCCP(CCCO)CCCOC(C)C.COCCP(CCO)CCOC(C)C.COCP(CO)COC(C)C.O=S(=O)=O.O=S(=O)=O.O=S(=O)=O. The van der Waals surface area contributed by atoms with Crippen LogP contribution in [-0.2, 0) is 122 Å². The van der Waals surface area contributed by atoms with Gasteiger partial charge in [-0.25, -0.2) is 9.59 Å². The highest BCUT2D eigenvalue weighted by Crippen LogP contribution is 2.43. The average molecular weight is 2290 g/mol. The number of hydrogen-bond acceptors (Lipinski definition) is 37. The molecule has 0 aromatic carbocycles. The van der Waals surface area contributed by atoms with Crippen molar-refractivity contribution < 1.29 is 189 Å². The van der Waals surface area contributed by atoms with Crippen LogP contribution in [0.3, 0.4) is 0 Å². The van der Waals surface area contributed by atoms with Gasteiger partial charge in [0.05, 0.1) is 119 Å². The molecule has 40 nitrogen and oxygen atoms in total. The summed E-state index contributed by atoms with van der Waals surface area (Å²) in [5.41, 5.74) is -3.01. The number of ether oxygens (including phenoxy) is 12. The number of methoxy groups -OCH3 is 3. The van der Waals surface area contributed by atoms with E-state index in [1.165, 1.54) is 70.1 Å². The Morgan fingerprint density at radius 2 is 0.613 bits per heavy atom. The Kier molecular flexibility index (Phi) is 149. The summed E-state index contributed by atoms with van der Waals surface area (Å²) in [5.74, 6) is -2.48. The molecule has 8 atom stereocenters. The van der Waals surface area contributed by atoms with Crippen LogP contribution in [0.4, 0.5) is 9.59 Å². The molecular weight excluding hydrogens is 2100 g/mol. The van der Waals surface area contributed by atoms with E-state index in [-0.39, 0.29) is 140 Å². The Balaban J connectivity index is -0.000000118. The van der Waals surface area contributed by atoms with Crippen molar-refractivity contribution in [3.05, 3.63) is 0 Å². The van der Waals surface area contributed by atoms with Crippen LogP contribution in [0.2, 0.25) is 0 Å². The number of carbonyl (C=O) groups is 9. The second kappa shape index (κ2) is 126. The lowest BCUT2D eigenvalue weighted by Gasteiger charge is -2.17. The first-order valence-corrected chi connectivity index (χ1v) is 66.5. The first kappa shape index (κ1) is 168. The highest BCUT2D eigenvalue weighted by atomic mass is 32.2. The van der Waals surface area contributed by atoms with Crippen molar-refractivity contribution in [2.75, 3.05) is 243 Å². The Morgan fingerprint density at radius 1 is 0.289 bits per heavy atom. The van der Waals surface area contributed by atoms with Gasteiger partial charge in [0.25, 0.3) is 0 Å². The third-order valence-corrected chi connectivity index (χ3v) is 36.3. The second-order valence-electron chi connectivity index (χ2n) is 32.5. The zero-order valence-electron chi connectivity index (χ0n) is 89.5. The van der Waals surface area contributed by atoms with Crippen LogP contribution in [0.15, 0.2) is 0 Å². The van der Waals surface area contributed by atoms with Crippen molar-refractivity contribution in [3.63, 3.8) is 0 Å². The fourth-order valence-electron chi connectivity index (χ4n) is 9.71. The molecule has 0 heterocycles. The molecule has 142 heavy (non-hydrogen) atoms. The zero-order valence-corrected chi connectivity index (χ0v) is 100.0. The summed E-state index contributed by atoms with van der Waals surface area (Å²) in [6.45, 7) is 49.4. The summed E-state index contributed by atoms with van der Waals surface area (Å²) < 4.78 is 138. The summed E-state index contributed by atoms with van der Waals surface area (Å²) in [6, 6.07) is 0. The Bertz CT molecular complexity index is 3090. The first-order chi connectivity index (χ1) is 65.9. The summed E-state index contributed by atoms with van der Waals surface area (Å²) in [6.07, 6.45) is 29.0. The topological polar surface area (TPSA) is 620 Å². The quantitative estimate of drug-likeness (QED) is 0.0117. The maximum Gasteiger partial charge on any atom is 0.425 e. The monoisotopic (exact) mass is 2290 g/mol. The van der Waals surface area contributed by atoms with E-state index in [1.807, 2.05) is 55.4 Å². The van der Waals surface area contributed by atoms with Gasteiger partial charge in [-0.1, -0.05) is 59.4 Å². The van der Waals surface area contributed by atoms with E-state index in [1.54, 1.807) is 62.9 Å². The molecule has 0 aliphatic carbocycles. The smallest absolute Gasteiger partial charge is 0.425 e. The number of esters is 2. The van der Waals surface area contributed by atoms with Gasteiger partial charge in [-0.3, -0.25) is 28.8 Å². The van der Waals surface area contributed by atoms with Crippen molar-refractivity contribution >= 4 is 156 Å². The maximum absolute atomic E-state index is 11.4. The lowest BCUT2D eigenvalue weighted by atomic mass is 10.4. The van der Waals surface area contributed by atoms with Gasteiger partial charge in [0.15, 0.2) is 13.4 Å². The van der Waals surface area contributed by atoms with Gasteiger partial charge in [0, 0.05) is 99.6 Å². The van der Waals surface area contributed by atoms with Gasteiger partial charge >= 0.3 is 67.1 Å². The summed E-state index contributed by atoms with van der Waals surface area (Å²) in [7, 11) is -9.11. The van der Waals surface area contributed by atoms with Crippen molar-refractivity contribution in [1.29, 1.82) is 0 Å². The molecule has 52 heteroatoms. The molecule has 0 saturated carbocycles. The molecule has 0 aliphatic rings. The summed E-state index contributed by atoms with van der Waals surface area (Å²) >= 11 is 0. The van der Waals surface area contributed by atoms with E-state index in [2.05, 4.69) is 46.3 Å². The Hall–Kier alpha value is -2.08. The van der Waals surface area contributed by atoms with Crippen LogP contribution in [-0.4, -0.2) is 439 Å². The summed E-state index contributed by atoms with van der Waals surface area (Å²) in [4.78, 5) is 98.0. The number of carboxylic acids is 2. The highest BCUT2D eigenvalue weighted by molar-refractivity contribution is 8.00. The molecule has 8 unspecified atom stereocenters. The molecule has 0 aromatic rings. The van der Waals surface area contributed by atoms with Crippen LogP contribution in [0.1, 0.15) is 231 Å². The van der Waals surface area contributed by atoms with Gasteiger partial charge in [0.2, 0.25) is 0 Å². The number of carboxylic acid groups (broad SMARTS) is 3. The molecule has 10 N–H and O–H groups in total. The number of hydrogen-bond donors (Lipinski definition) is 10. The molecule has 0 amide bonds. The van der Waals surface area contributed by atoms with Gasteiger partial charge in [0.1, 0.15) is 11.6 Å². The third kappa shape index (κ3) is 168. The molecule has 0 rings (SSSR count). The fraction of sp³-hybridized carbons (Fsp3) is 0.900. The molecule has 854 valence electrons. The minimum atomic E-state index is -3.11. The molecule has 0 saturated heterocycles. The predicted octanol–water partition coefficient (Wildman–Crippen LogP) is 15.0. The van der Waals surface area contributed by atoms with Crippen molar-refractivity contribution in [2.45, 2.75) is 286 Å². The van der Waals surface area contributed by atoms with E-state index >= 15 is 0 Å². The third-order valence-electron chi connectivity index (χ3n) is 15.9. The van der Waals surface area contributed by atoms with E-state index in [4.69, 9.17) is 141 Å². The lowest BCUT2D eigenvalue weighted by Crippen LogP contribution is -2.18. The number of aliphatic hydroxyl groups excluding tert-OH is 7. The minimum absolute atomic E-state index is 0. The van der Waals surface area contributed by atoms with Crippen molar-refractivity contribution in [1.82, 2.24) is 0 Å². The largest absolute Gasteiger partial charge is 0.481 e. The number of aliphatic hydroxyl groups is 7. The molecule has 0 aliphatic heterocycles. The van der Waals surface area contributed by atoms with Crippen LogP contribution in [0.5, 0.6) is 0 Å². The van der Waals surface area contributed by atoms with E-state index < -0.39 is 104 Å². The van der Waals surface area contributed by atoms with Gasteiger partial charge in [-0.15, -0.1) is 61.6 Å². The minimum Gasteiger partial charge on any atom is -0.481 e. The van der Waals surface area contributed by atoms with Crippen LogP contribution >= 0.6 is 71.3 Å². The second-order valence-corrected chi connectivity index (χ2v) is 56.1. The zero-order chi connectivity index (χ0) is 112. The van der Waals surface area contributed by atoms with Gasteiger partial charge in [-0.05, 0) is 290 Å². The standard InChI is InChI=1S/C13H23O5P.C13H29O3P.C13H29O2P.C10H17O5P.C10H23O3P.C9H21O3P.C7H11O5P.C7H17O3P.C7H17O2P.CH4.3O3S/c1-10(2)18-13(17)6-9-19(7-4-11(3)14)8-5-12(15)16;1-13(2)16-9-6-12-17(10-4-7-14)11-5-8-15-3;1-4-5-10-16(11-6-8-14)12-7-9-15-13(2)3;1-7(2)15-10(14)6-16(4-8(3)11)5-9(12)13;1-10(2)13-6-9-14(7-4-11)8-5-12-3;1-9(2)12-5-8-13(6-3-10)7-4-11;1-4(2)12-7(11)13(5(3)8)6(9)10;1-7(2)10-6-11(4-8)5-9-3;1-4-10(5-8)6-9-7(2)3;;3*1-4(2)3/h10H,4-9H2,1-3H3,(H,15,16);13-14H,4-12H2,1-3H3;13-14H,4-12H2,1-3H3;7H,4-6H2,1-3H3,(H,12,13);10-11H,4-9H2,1-3H3;9-11H,3-8H2,1-2H3;4H,1-3H3,(H,9,10);7-8H,4-6H2,1-3H3;7-8H,4-6H2,1-3H3;1H4;;;. The van der Waals surface area contributed by atoms with Gasteiger partial charge < -0.3 is 113 Å². The van der Waals surface area contributed by atoms with Gasteiger partial charge in [-0.2, -0.15) is 0 Å². The average Bonchev–Trinajstić information content (AvgIpc) is 0.888. The number of aliphatic carboxylic acids is 2. The molecular formula is C90H191O40P9S3. The lowest BCUT2D eigenvalue weighted by molar-refractivity contribution is -0.147. The van der Waals surface area contributed by atoms with Crippen molar-refractivity contribution in [2.24, 2.45) is 0 Å². The van der Waals surface area contributed by atoms with Crippen molar-refractivity contribution in [3.8, 4) is 0 Å². The predicted molar refractivity (Wildman–Crippen MR) is 579 cm³/mol. The van der Waals surface area contributed by atoms with Crippen LogP contribution in [0, 0.1) is 0 Å². The Morgan fingerprint density at radius 3 is 0.915 bits per heavy atom. The number of Topliss-reactive ketones (excluding diaryl/α,β-unsaturated/α-hetero) is 2. The van der Waals surface area contributed by atoms with E-state index in [0.717, 1.165) is 122 Å². The molecule has 0 aromatic heterocycles. The number of rotatable bonds is 72. The molecule has 0 spiro atoms. The van der Waals surface area contributed by atoms with Crippen LogP contribution < -0.4 is 0 Å². The number of unbranched alkanes of at least 4 members (excludes halogenated alkanes) is 1. The molecule has 0 bridgehead atoms. The van der Waals surface area contributed by atoms with Crippen LogP contribution in [0.25, 0.3) is 0 Å². The number of carbonyl (C=O) groups excluding carboxylic acids is 6. The van der Waals surface area contributed by atoms with E-state index in [0.29, 0.717) is 88.0 Å². The summed E-state index contributed by atoms with van der Waals surface area (Å²) in [5, 5.41) is 87.7. The highest BCUT2D eigenvalue weighted by Gasteiger charge is 2.33. The molecule has 0 radical (unpaired) electrons. The maximum atomic E-state index is 11.4. The fourth-order valence-corrected chi connectivity index (χ4v) is 25.3. The number of ketones is 2. The first-order valence-electron chi connectivity index (χ1n) is 47.0. The normalized spacial score (nSPS) is 12.2. The Labute approximate surface area is 867 Å².